The van der Waals surface area contributed by atoms with E-state index < -0.39 is 0 Å². The van der Waals surface area contributed by atoms with Gasteiger partial charge in [0, 0.05) is 34.1 Å². The normalized spacial score (nSPS) is 15.6. The second-order valence-corrected chi connectivity index (χ2v) is 6.42. The van der Waals surface area contributed by atoms with E-state index in [1.165, 1.54) is 18.4 Å². The van der Waals surface area contributed by atoms with Gasteiger partial charge in [-0.1, -0.05) is 15.9 Å². The number of hydrogen-bond donors (Lipinski definition) is 1. The van der Waals surface area contributed by atoms with Crippen LogP contribution in [0.4, 0.5) is 0 Å². The zero-order valence-electron chi connectivity index (χ0n) is 11.0. The lowest BCUT2D eigenvalue weighted by Crippen LogP contribution is -2.20. The number of rotatable bonds is 5. The molecule has 0 unspecified atom stereocenters. The summed E-state index contributed by atoms with van der Waals surface area (Å²) >= 11 is 3.54. The maximum Gasteiger partial charge on any atom is 0.138 e. The van der Waals surface area contributed by atoms with Gasteiger partial charge in [-0.05, 0) is 37.9 Å². The molecular formula is C15H18BrNO2. The fraction of sp³-hybridized carbons (Fsp3) is 0.467. The number of aliphatic hydroxyl groups is 1. The van der Waals surface area contributed by atoms with E-state index >= 15 is 0 Å². The highest BCUT2D eigenvalue weighted by atomic mass is 79.9. The van der Waals surface area contributed by atoms with Gasteiger partial charge >= 0.3 is 0 Å². The number of hydrogen-bond acceptors (Lipinski definition) is 3. The van der Waals surface area contributed by atoms with E-state index in [2.05, 4.69) is 33.9 Å². The van der Waals surface area contributed by atoms with Crippen molar-refractivity contribution in [2.24, 2.45) is 5.92 Å². The second-order valence-electron chi connectivity index (χ2n) is 5.50. The smallest absolute Gasteiger partial charge is 0.138 e. The molecule has 0 bridgehead atoms. The summed E-state index contributed by atoms with van der Waals surface area (Å²) in [5, 5.41) is 10.3. The monoisotopic (exact) mass is 323 g/mol. The molecule has 0 amide bonds. The van der Waals surface area contributed by atoms with E-state index in [1.807, 2.05) is 6.07 Å². The number of benzene rings is 1. The van der Waals surface area contributed by atoms with Gasteiger partial charge in [0.1, 0.15) is 5.58 Å². The minimum Gasteiger partial charge on any atom is -0.464 e. The predicted octanol–water partition coefficient (Wildman–Crippen LogP) is 3.53. The Morgan fingerprint density at radius 1 is 1.37 bits per heavy atom. The summed E-state index contributed by atoms with van der Waals surface area (Å²) < 4.78 is 6.67. The molecule has 0 spiro atoms. The van der Waals surface area contributed by atoms with Crippen LogP contribution in [0.5, 0.6) is 0 Å². The number of nitrogens with zero attached hydrogens (tertiary/aromatic N) is 1. The van der Waals surface area contributed by atoms with Gasteiger partial charge in [-0.15, -0.1) is 0 Å². The van der Waals surface area contributed by atoms with Crippen molar-refractivity contribution in [1.29, 1.82) is 0 Å². The van der Waals surface area contributed by atoms with E-state index in [-0.39, 0.29) is 6.61 Å². The number of halogens is 1. The molecule has 3 rings (SSSR count). The topological polar surface area (TPSA) is 36.6 Å². The Balaban J connectivity index is 1.90. The first-order chi connectivity index (χ1) is 9.17. The largest absolute Gasteiger partial charge is 0.464 e. The second kappa shape index (κ2) is 5.27. The molecule has 1 saturated carbocycles. The highest BCUT2D eigenvalue weighted by Crippen LogP contribution is 2.32. The van der Waals surface area contributed by atoms with Crippen molar-refractivity contribution in [3.05, 3.63) is 34.0 Å². The maximum absolute atomic E-state index is 9.33. The van der Waals surface area contributed by atoms with Crippen LogP contribution in [-0.4, -0.2) is 23.6 Å². The average molecular weight is 324 g/mol. The summed E-state index contributed by atoms with van der Waals surface area (Å²) in [5.41, 5.74) is 2.92. The molecule has 1 aromatic heterocycles. The molecule has 0 atom stereocenters. The summed E-state index contributed by atoms with van der Waals surface area (Å²) in [6, 6.07) is 4.12. The first kappa shape index (κ1) is 13.2. The first-order valence-corrected chi connectivity index (χ1v) is 7.44. The van der Waals surface area contributed by atoms with Crippen LogP contribution in [0.1, 0.15) is 24.0 Å². The molecule has 1 heterocycles. The SMILES string of the molecule is CN(Cc1cc(Br)cc2c(CO)coc12)CC1CC1. The summed E-state index contributed by atoms with van der Waals surface area (Å²) in [7, 11) is 2.15. The van der Waals surface area contributed by atoms with Gasteiger partial charge in [-0.25, -0.2) is 0 Å². The molecule has 3 nitrogen and oxygen atoms in total. The van der Waals surface area contributed by atoms with Gasteiger partial charge in [-0.3, -0.25) is 0 Å². The van der Waals surface area contributed by atoms with Crippen molar-refractivity contribution in [1.82, 2.24) is 4.90 Å². The van der Waals surface area contributed by atoms with Crippen LogP contribution in [0.2, 0.25) is 0 Å². The number of aliphatic hydroxyl groups excluding tert-OH is 1. The average Bonchev–Trinajstić information content (AvgIpc) is 3.06. The fourth-order valence-electron chi connectivity index (χ4n) is 2.56. The number of fused-ring (bicyclic) bond motifs is 1. The molecule has 19 heavy (non-hydrogen) atoms. The zero-order valence-corrected chi connectivity index (χ0v) is 12.6. The maximum atomic E-state index is 9.33. The molecule has 102 valence electrons. The summed E-state index contributed by atoms with van der Waals surface area (Å²) in [6.07, 6.45) is 4.39. The predicted molar refractivity (Wildman–Crippen MR) is 78.9 cm³/mol. The van der Waals surface area contributed by atoms with E-state index in [0.717, 1.165) is 40.0 Å². The Morgan fingerprint density at radius 2 is 2.16 bits per heavy atom. The van der Waals surface area contributed by atoms with Crippen LogP contribution in [0.25, 0.3) is 11.0 Å². The van der Waals surface area contributed by atoms with Crippen LogP contribution < -0.4 is 0 Å². The van der Waals surface area contributed by atoms with Crippen molar-refractivity contribution in [2.75, 3.05) is 13.6 Å². The van der Waals surface area contributed by atoms with Gasteiger partial charge in [-0.2, -0.15) is 0 Å². The third-order valence-electron chi connectivity index (χ3n) is 3.67. The lowest BCUT2D eigenvalue weighted by atomic mass is 10.1. The Hall–Kier alpha value is -0.840. The van der Waals surface area contributed by atoms with Crippen molar-refractivity contribution >= 4 is 26.9 Å². The lowest BCUT2D eigenvalue weighted by molar-refractivity contribution is 0.281. The van der Waals surface area contributed by atoms with Gasteiger partial charge in [0.25, 0.3) is 0 Å². The van der Waals surface area contributed by atoms with E-state index in [9.17, 15) is 5.11 Å². The van der Waals surface area contributed by atoms with Crippen molar-refractivity contribution < 1.29 is 9.52 Å². The molecule has 2 aromatic rings. The highest BCUT2D eigenvalue weighted by Gasteiger charge is 2.23. The standard InChI is InChI=1S/C15H18BrNO2/c1-17(6-10-2-3-10)7-11-4-13(16)5-14-12(8-18)9-19-15(11)14/h4-5,9-10,18H,2-3,6-8H2,1H3. The van der Waals surface area contributed by atoms with Crippen molar-refractivity contribution in [3.8, 4) is 0 Å². The minimum absolute atomic E-state index is 0.0147. The Morgan fingerprint density at radius 3 is 2.84 bits per heavy atom. The Labute approximate surface area is 121 Å². The Bertz CT molecular complexity index is 589. The third kappa shape index (κ3) is 2.86. The van der Waals surface area contributed by atoms with Gasteiger partial charge < -0.3 is 14.4 Å². The Kier molecular flexibility index (Phi) is 3.65. The summed E-state index contributed by atoms with van der Waals surface area (Å²) in [6.45, 7) is 2.05. The van der Waals surface area contributed by atoms with E-state index in [0.29, 0.717) is 0 Å². The molecule has 4 heteroatoms. The van der Waals surface area contributed by atoms with Gasteiger partial charge in [0.15, 0.2) is 0 Å². The number of furan rings is 1. The van der Waals surface area contributed by atoms with E-state index in [1.54, 1.807) is 6.26 Å². The molecule has 1 fully saturated rings. The van der Waals surface area contributed by atoms with Crippen molar-refractivity contribution in [2.45, 2.75) is 26.0 Å². The molecule has 1 aromatic carbocycles. The molecule has 1 aliphatic carbocycles. The molecule has 0 radical (unpaired) electrons. The first-order valence-electron chi connectivity index (χ1n) is 6.65. The van der Waals surface area contributed by atoms with Crippen LogP contribution in [0.15, 0.2) is 27.3 Å². The minimum atomic E-state index is 0.0147. The lowest BCUT2D eigenvalue weighted by Gasteiger charge is -2.16. The quantitative estimate of drug-likeness (QED) is 0.914. The van der Waals surface area contributed by atoms with Gasteiger partial charge in [0.05, 0.1) is 12.9 Å². The molecule has 0 aliphatic heterocycles. The summed E-state index contributed by atoms with van der Waals surface area (Å²) in [5.74, 6) is 0.886. The molecule has 0 saturated heterocycles. The highest BCUT2D eigenvalue weighted by molar-refractivity contribution is 9.10. The molecule has 1 aliphatic rings. The van der Waals surface area contributed by atoms with Crippen molar-refractivity contribution in [3.63, 3.8) is 0 Å². The third-order valence-corrected chi connectivity index (χ3v) is 4.13. The zero-order chi connectivity index (χ0) is 13.4. The van der Waals surface area contributed by atoms with E-state index in [4.69, 9.17) is 4.42 Å². The van der Waals surface area contributed by atoms with Crippen LogP contribution in [0.3, 0.4) is 0 Å². The van der Waals surface area contributed by atoms with Crippen LogP contribution in [0, 0.1) is 5.92 Å². The van der Waals surface area contributed by atoms with Crippen LogP contribution >= 0.6 is 15.9 Å². The van der Waals surface area contributed by atoms with Crippen LogP contribution in [-0.2, 0) is 13.2 Å². The molecular weight excluding hydrogens is 306 g/mol. The molecule has 1 N–H and O–H groups in total. The van der Waals surface area contributed by atoms with Gasteiger partial charge in [0.2, 0.25) is 0 Å². The fourth-order valence-corrected chi connectivity index (χ4v) is 3.06. The summed E-state index contributed by atoms with van der Waals surface area (Å²) in [4.78, 5) is 2.35.